The molecule has 0 fully saturated rings. The van der Waals surface area contributed by atoms with Crippen LogP contribution in [0.5, 0.6) is 0 Å². The number of aliphatic carboxylic acids is 1. The van der Waals surface area contributed by atoms with Crippen molar-refractivity contribution in [2.45, 2.75) is 25.5 Å². The van der Waals surface area contributed by atoms with Crippen molar-refractivity contribution in [2.24, 2.45) is 0 Å². The van der Waals surface area contributed by atoms with Gasteiger partial charge in [-0.1, -0.05) is 6.92 Å². The van der Waals surface area contributed by atoms with Gasteiger partial charge in [0.05, 0.1) is 4.92 Å². The molecule has 0 unspecified atom stereocenters. The van der Waals surface area contributed by atoms with E-state index >= 15 is 0 Å². The van der Waals surface area contributed by atoms with E-state index in [0.717, 1.165) is 11.8 Å². The molecular weight excluding hydrogens is 386 g/mol. The molecule has 0 bridgehead atoms. The quantitative estimate of drug-likeness (QED) is 0.266. The minimum atomic E-state index is -1.16. The van der Waals surface area contributed by atoms with E-state index < -0.39 is 10.9 Å². The number of aromatic nitrogens is 2. The van der Waals surface area contributed by atoms with E-state index in [0.29, 0.717) is 35.0 Å². The smallest absolute Gasteiger partial charge is 0.342 e. The summed E-state index contributed by atoms with van der Waals surface area (Å²) in [5.41, 5.74) is 1.34. The van der Waals surface area contributed by atoms with Gasteiger partial charge in [0.1, 0.15) is 16.4 Å². The summed E-state index contributed by atoms with van der Waals surface area (Å²) >= 11 is 0.828. The van der Waals surface area contributed by atoms with Gasteiger partial charge in [-0.25, -0.2) is 4.79 Å². The molecule has 9 nitrogen and oxygen atoms in total. The zero-order chi connectivity index (χ0) is 20.3. The van der Waals surface area contributed by atoms with Crippen molar-refractivity contribution in [1.82, 2.24) is 10.2 Å². The average Bonchev–Trinajstić information content (AvgIpc) is 3.30. The van der Waals surface area contributed by atoms with Crippen molar-refractivity contribution in [1.29, 1.82) is 0 Å². The molecule has 1 N–H and O–H groups in total. The number of hydrogen-bond acceptors (Lipinski definition) is 8. The van der Waals surface area contributed by atoms with Crippen LogP contribution in [0.25, 0.3) is 17.4 Å². The van der Waals surface area contributed by atoms with Gasteiger partial charge in [-0.05, 0) is 42.4 Å². The lowest BCUT2D eigenvalue weighted by atomic mass is 10.1. The Balaban J connectivity index is 1.86. The second-order valence-corrected chi connectivity index (χ2v) is 6.68. The highest BCUT2D eigenvalue weighted by atomic mass is 32.2. The Labute approximate surface area is 163 Å². The van der Waals surface area contributed by atoms with Gasteiger partial charge in [0.2, 0.25) is 5.89 Å². The van der Waals surface area contributed by atoms with Crippen LogP contribution in [0, 0.1) is 17.0 Å². The number of nitro benzene ring substituents is 1. The van der Waals surface area contributed by atoms with Crippen molar-refractivity contribution >= 4 is 29.5 Å². The number of carboxylic acid groups (broad SMARTS) is 1. The van der Waals surface area contributed by atoms with Gasteiger partial charge in [-0.15, -0.1) is 10.2 Å². The molecule has 10 heteroatoms. The van der Waals surface area contributed by atoms with E-state index in [1.54, 1.807) is 25.1 Å². The number of rotatable bonds is 7. The lowest BCUT2D eigenvalue weighted by Gasteiger charge is -2.02. The minimum absolute atomic E-state index is 0.0107. The zero-order valence-electron chi connectivity index (χ0n) is 14.9. The molecule has 3 rings (SSSR count). The standard InChI is InChI=1S/C18H15N3O6S/c1-3-16-19-20-18(27-16)28-15(17(22)23)9-12-5-7-14(26-12)13-6-4-11(21(24)25)8-10(13)2/h4-9H,3H2,1-2H3,(H,22,23)/b15-9-. The summed E-state index contributed by atoms with van der Waals surface area (Å²) in [6, 6.07) is 7.72. The summed E-state index contributed by atoms with van der Waals surface area (Å²) in [7, 11) is 0. The summed E-state index contributed by atoms with van der Waals surface area (Å²) in [5.74, 6) is 0.0409. The summed E-state index contributed by atoms with van der Waals surface area (Å²) in [6.45, 7) is 3.58. The third-order valence-corrected chi connectivity index (χ3v) is 4.60. The largest absolute Gasteiger partial charge is 0.477 e. The van der Waals surface area contributed by atoms with Gasteiger partial charge in [0, 0.05) is 30.2 Å². The Hall–Kier alpha value is -3.40. The van der Waals surface area contributed by atoms with Crippen molar-refractivity contribution in [3.05, 3.63) is 62.6 Å². The maximum Gasteiger partial charge on any atom is 0.342 e. The molecule has 0 saturated heterocycles. The molecule has 28 heavy (non-hydrogen) atoms. The normalized spacial score (nSPS) is 11.6. The van der Waals surface area contributed by atoms with Crippen molar-refractivity contribution in [3.63, 3.8) is 0 Å². The van der Waals surface area contributed by atoms with Crippen molar-refractivity contribution < 1.29 is 23.7 Å². The van der Waals surface area contributed by atoms with Crippen molar-refractivity contribution in [3.8, 4) is 11.3 Å². The van der Waals surface area contributed by atoms with Crippen LogP contribution < -0.4 is 0 Å². The lowest BCUT2D eigenvalue weighted by molar-refractivity contribution is -0.384. The molecule has 1 aromatic carbocycles. The van der Waals surface area contributed by atoms with E-state index in [1.807, 2.05) is 6.92 Å². The van der Waals surface area contributed by atoms with E-state index in [9.17, 15) is 20.0 Å². The second-order valence-electron chi connectivity index (χ2n) is 5.69. The summed E-state index contributed by atoms with van der Waals surface area (Å²) < 4.78 is 11.0. The number of nitrogens with zero attached hydrogens (tertiary/aromatic N) is 3. The molecule has 2 aromatic heterocycles. The topological polar surface area (TPSA) is 132 Å². The number of nitro groups is 1. The van der Waals surface area contributed by atoms with Gasteiger partial charge < -0.3 is 13.9 Å². The second kappa shape index (κ2) is 8.09. The molecule has 0 aliphatic rings. The highest BCUT2D eigenvalue weighted by Gasteiger charge is 2.17. The van der Waals surface area contributed by atoms with E-state index in [1.165, 1.54) is 18.2 Å². The van der Waals surface area contributed by atoms with E-state index in [-0.39, 0.29) is 15.8 Å². The molecule has 0 atom stereocenters. The zero-order valence-corrected chi connectivity index (χ0v) is 15.7. The van der Waals surface area contributed by atoms with E-state index in [4.69, 9.17) is 8.83 Å². The molecular formula is C18H15N3O6S. The van der Waals surface area contributed by atoms with Crippen LogP contribution in [0.4, 0.5) is 5.69 Å². The monoisotopic (exact) mass is 401 g/mol. The SMILES string of the molecule is CCc1nnc(S/C(=C\c2ccc(-c3ccc([N+](=O)[O-])cc3C)o2)C(=O)O)o1. The molecule has 0 aliphatic heterocycles. The van der Waals surface area contributed by atoms with Gasteiger partial charge in [0.15, 0.2) is 0 Å². The van der Waals surface area contributed by atoms with Crippen LogP contribution in [-0.2, 0) is 11.2 Å². The van der Waals surface area contributed by atoms with Gasteiger partial charge >= 0.3 is 5.97 Å². The Morgan fingerprint density at radius 3 is 2.68 bits per heavy atom. The van der Waals surface area contributed by atoms with Crippen LogP contribution in [0.3, 0.4) is 0 Å². The number of thioether (sulfide) groups is 1. The molecule has 0 saturated carbocycles. The summed E-state index contributed by atoms with van der Waals surface area (Å²) in [6.07, 6.45) is 1.91. The highest BCUT2D eigenvalue weighted by molar-refractivity contribution is 8.03. The average molecular weight is 401 g/mol. The summed E-state index contributed by atoms with van der Waals surface area (Å²) in [5, 5.41) is 28.0. The fourth-order valence-corrected chi connectivity index (χ4v) is 3.06. The predicted molar refractivity (Wildman–Crippen MR) is 101 cm³/mol. The first-order valence-corrected chi connectivity index (χ1v) is 8.99. The van der Waals surface area contributed by atoms with Gasteiger partial charge in [0.25, 0.3) is 10.9 Å². The molecule has 0 spiro atoms. The van der Waals surface area contributed by atoms with Crippen LogP contribution in [0.1, 0.15) is 24.1 Å². The first kappa shape index (κ1) is 19.4. The third-order valence-electron chi connectivity index (χ3n) is 3.75. The molecule has 0 aliphatic carbocycles. The maximum atomic E-state index is 11.5. The number of aryl methyl sites for hydroxylation is 2. The number of hydrogen-bond donors (Lipinski definition) is 1. The maximum absolute atomic E-state index is 11.5. The number of carboxylic acids is 1. The first-order chi connectivity index (χ1) is 13.4. The number of furan rings is 1. The predicted octanol–water partition coefficient (Wildman–Crippen LogP) is 4.33. The van der Waals surface area contributed by atoms with Gasteiger partial charge in [-0.3, -0.25) is 10.1 Å². The first-order valence-electron chi connectivity index (χ1n) is 8.18. The van der Waals surface area contributed by atoms with Crippen LogP contribution in [-0.4, -0.2) is 26.2 Å². The number of non-ortho nitro benzene ring substituents is 1. The lowest BCUT2D eigenvalue weighted by Crippen LogP contribution is -1.96. The molecule has 0 radical (unpaired) electrons. The Bertz CT molecular complexity index is 1070. The number of carbonyl (C=O) groups is 1. The van der Waals surface area contributed by atoms with Gasteiger partial charge in [-0.2, -0.15) is 0 Å². The van der Waals surface area contributed by atoms with Crippen LogP contribution in [0.15, 0.2) is 49.3 Å². The molecule has 144 valence electrons. The Morgan fingerprint density at radius 1 is 1.29 bits per heavy atom. The minimum Gasteiger partial charge on any atom is -0.477 e. The Morgan fingerprint density at radius 2 is 2.07 bits per heavy atom. The Kier molecular flexibility index (Phi) is 5.59. The molecule has 0 amide bonds. The van der Waals surface area contributed by atoms with Crippen molar-refractivity contribution in [2.75, 3.05) is 0 Å². The van der Waals surface area contributed by atoms with Crippen LogP contribution >= 0.6 is 11.8 Å². The summed E-state index contributed by atoms with van der Waals surface area (Å²) in [4.78, 5) is 21.9. The van der Waals surface area contributed by atoms with Crippen LogP contribution in [0.2, 0.25) is 0 Å². The fourth-order valence-electron chi connectivity index (χ4n) is 2.39. The third kappa shape index (κ3) is 4.29. The fraction of sp³-hybridized carbons (Fsp3) is 0.167. The number of benzene rings is 1. The molecule has 3 aromatic rings. The molecule has 2 heterocycles. The van der Waals surface area contributed by atoms with E-state index in [2.05, 4.69) is 10.2 Å². The highest BCUT2D eigenvalue weighted by Crippen LogP contribution is 2.31.